The van der Waals surface area contributed by atoms with Gasteiger partial charge in [-0.05, 0) is 58.2 Å². The van der Waals surface area contributed by atoms with Crippen molar-refractivity contribution in [2.75, 3.05) is 10.6 Å². The second-order valence-corrected chi connectivity index (χ2v) is 7.67. The van der Waals surface area contributed by atoms with E-state index in [1.165, 1.54) is 12.8 Å². The first kappa shape index (κ1) is 16.1. The molecule has 1 aromatic carbocycles. The van der Waals surface area contributed by atoms with Crippen molar-refractivity contribution in [3.63, 3.8) is 0 Å². The molecule has 122 valence electrons. The third-order valence-corrected chi connectivity index (χ3v) is 3.93. The van der Waals surface area contributed by atoms with Gasteiger partial charge in [-0.15, -0.1) is 0 Å². The highest BCUT2D eigenvalue weighted by Gasteiger charge is 2.26. The minimum atomic E-state index is -0.0780. The first-order chi connectivity index (χ1) is 10.8. The molecule has 1 heterocycles. The van der Waals surface area contributed by atoms with Crippen LogP contribution in [-0.2, 0) is 0 Å². The molecule has 2 N–H and O–H groups in total. The van der Waals surface area contributed by atoms with E-state index in [1.54, 1.807) is 0 Å². The van der Waals surface area contributed by atoms with Crippen LogP contribution in [-0.4, -0.2) is 15.5 Å². The molecule has 2 aromatic rings. The van der Waals surface area contributed by atoms with Crippen LogP contribution in [0.3, 0.4) is 0 Å². The Morgan fingerprint density at radius 1 is 1.13 bits per heavy atom. The molecule has 5 heteroatoms. The van der Waals surface area contributed by atoms with E-state index in [0.29, 0.717) is 16.9 Å². The van der Waals surface area contributed by atoms with Crippen molar-refractivity contribution in [1.29, 1.82) is 0 Å². The van der Waals surface area contributed by atoms with Gasteiger partial charge in [0.2, 0.25) is 5.95 Å². The molecule has 1 fully saturated rings. The van der Waals surface area contributed by atoms with Gasteiger partial charge in [0.1, 0.15) is 5.82 Å². The van der Waals surface area contributed by atoms with E-state index >= 15 is 0 Å². The van der Waals surface area contributed by atoms with Gasteiger partial charge in [0, 0.05) is 28.2 Å². The van der Waals surface area contributed by atoms with Crippen molar-refractivity contribution in [2.24, 2.45) is 0 Å². The maximum atomic E-state index is 6.11. The van der Waals surface area contributed by atoms with E-state index in [2.05, 4.69) is 48.3 Å². The number of anilines is 3. The number of hydrogen-bond acceptors (Lipinski definition) is 4. The Morgan fingerprint density at radius 3 is 2.52 bits per heavy atom. The first-order valence-electron chi connectivity index (χ1n) is 8.00. The average Bonchev–Trinajstić information content (AvgIpc) is 3.25. The smallest absolute Gasteiger partial charge is 0.225 e. The summed E-state index contributed by atoms with van der Waals surface area (Å²) in [7, 11) is 0. The van der Waals surface area contributed by atoms with Crippen molar-refractivity contribution in [3.8, 4) is 0 Å². The van der Waals surface area contributed by atoms with Crippen LogP contribution in [0, 0.1) is 6.92 Å². The monoisotopic (exact) mass is 330 g/mol. The van der Waals surface area contributed by atoms with Gasteiger partial charge in [0.15, 0.2) is 0 Å². The Labute approximate surface area is 142 Å². The van der Waals surface area contributed by atoms with Crippen LogP contribution < -0.4 is 10.6 Å². The lowest BCUT2D eigenvalue weighted by molar-refractivity contribution is 0.625. The molecule has 1 aliphatic rings. The highest BCUT2D eigenvalue weighted by molar-refractivity contribution is 6.30. The molecule has 1 aliphatic carbocycles. The molecule has 0 aliphatic heterocycles. The van der Waals surface area contributed by atoms with E-state index < -0.39 is 0 Å². The molecule has 0 spiro atoms. The molecule has 23 heavy (non-hydrogen) atoms. The largest absolute Gasteiger partial charge is 0.350 e. The summed E-state index contributed by atoms with van der Waals surface area (Å²) in [6.07, 6.45) is 2.42. The number of aromatic nitrogens is 2. The summed E-state index contributed by atoms with van der Waals surface area (Å²) < 4.78 is 0. The molecule has 1 saturated carbocycles. The molecule has 3 rings (SSSR count). The highest BCUT2D eigenvalue weighted by Crippen LogP contribution is 2.40. The Kier molecular flexibility index (Phi) is 4.19. The van der Waals surface area contributed by atoms with E-state index in [0.717, 1.165) is 22.8 Å². The molecular weight excluding hydrogens is 308 g/mol. The van der Waals surface area contributed by atoms with Crippen LogP contribution in [0.1, 0.15) is 50.8 Å². The maximum Gasteiger partial charge on any atom is 0.225 e. The molecule has 0 amide bonds. The molecule has 0 radical (unpaired) electrons. The quantitative estimate of drug-likeness (QED) is 0.801. The van der Waals surface area contributed by atoms with Crippen LogP contribution in [0.5, 0.6) is 0 Å². The normalized spacial score (nSPS) is 14.7. The zero-order valence-electron chi connectivity index (χ0n) is 14.1. The van der Waals surface area contributed by atoms with Gasteiger partial charge >= 0.3 is 0 Å². The van der Waals surface area contributed by atoms with E-state index in [-0.39, 0.29) is 5.54 Å². The molecule has 0 saturated heterocycles. The SMILES string of the molecule is Cc1ccc(Cl)cc1Nc1cc(C2CC2)nc(NC(C)(C)C)n1. The lowest BCUT2D eigenvalue weighted by Gasteiger charge is -2.21. The molecule has 4 nitrogen and oxygen atoms in total. The van der Waals surface area contributed by atoms with Gasteiger partial charge in [0.05, 0.1) is 5.69 Å². The van der Waals surface area contributed by atoms with Crippen molar-refractivity contribution in [2.45, 2.75) is 52.0 Å². The molecule has 0 unspecified atom stereocenters. The van der Waals surface area contributed by atoms with Gasteiger partial charge in [-0.25, -0.2) is 4.98 Å². The van der Waals surface area contributed by atoms with Crippen LogP contribution in [0.25, 0.3) is 0 Å². The molecule has 0 bridgehead atoms. The van der Waals surface area contributed by atoms with E-state index in [4.69, 9.17) is 11.6 Å². The summed E-state index contributed by atoms with van der Waals surface area (Å²) in [4.78, 5) is 9.29. The number of nitrogens with zero attached hydrogens (tertiary/aromatic N) is 2. The van der Waals surface area contributed by atoms with Crippen LogP contribution in [0.2, 0.25) is 5.02 Å². The summed E-state index contributed by atoms with van der Waals surface area (Å²) in [5, 5.41) is 7.47. The summed E-state index contributed by atoms with van der Waals surface area (Å²) in [5.41, 5.74) is 3.13. The number of aryl methyl sites for hydroxylation is 1. The van der Waals surface area contributed by atoms with Crippen molar-refractivity contribution >= 4 is 29.1 Å². The van der Waals surface area contributed by atoms with E-state index in [9.17, 15) is 0 Å². The number of hydrogen-bond donors (Lipinski definition) is 2. The predicted molar refractivity (Wildman–Crippen MR) is 96.9 cm³/mol. The first-order valence-corrected chi connectivity index (χ1v) is 8.38. The fourth-order valence-corrected chi connectivity index (χ4v) is 2.55. The Morgan fingerprint density at radius 2 is 1.87 bits per heavy atom. The number of benzene rings is 1. The van der Waals surface area contributed by atoms with Crippen LogP contribution in [0.4, 0.5) is 17.5 Å². The topological polar surface area (TPSA) is 49.8 Å². The fraction of sp³-hybridized carbons (Fsp3) is 0.444. The Hall–Kier alpha value is -1.81. The van der Waals surface area contributed by atoms with Gasteiger partial charge in [-0.2, -0.15) is 4.98 Å². The minimum Gasteiger partial charge on any atom is -0.350 e. The predicted octanol–water partition coefficient (Wildman–Crippen LogP) is 5.27. The van der Waals surface area contributed by atoms with Crippen molar-refractivity contribution in [1.82, 2.24) is 9.97 Å². The van der Waals surface area contributed by atoms with Gasteiger partial charge < -0.3 is 10.6 Å². The Balaban J connectivity index is 1.92. The van der Waals surface area contributed by atoms with Crippen LogP contribution >= 0.6 is 11.6 Å². The average molecular weight is 331 g/mol. The number of halogens is 1. The van der Waals surface area contributed by atoms with Crippen LogP contribution in [0.15, 0.2) is 24.3 Å². The summed E-state index contributed by atoms with van der Waals surface area (Å²) in [6, 6.07) is 7.87. The third kappa shape index (κ3) is 4.35. The lowest BCUT2D eigenvalue weighted by atomic mass is 10.1. The summed E-state index contributed by atoms with van der Waals surface area (Å²) in [5.74, 6) is 2.04. The van der Waals surface area contributed by atoms with E-state index in [1.807, 2.05) is 24.3 Å². The molecular formula is C18H23ClN4. The lowest BCUT2D eigenvalue weighted by Crippen LogP contribution is -2.27. The van der Waals surface area contributed by atoms with Gasteiger partial charge in [-0.3, -0.25) is 0 Å². The Bertz CT molecular complexity index is 717. The fourth-order valence-electron chi connectivity index (χ4n) is 2.38. The zero-order chi connectivity index (χ0) is 16.6. The highest BCUT2D eigenvalue weighted by atomic mass is 35.5. The second kappa shape index (κ2) is 6.00. The summed E-state index contributed by atoms with van der Waals surface area (Å²) >= 11 is 6.11. The minimum absolute atomic E-state index is 0.0780. The zero-order valence-corrected chi connectivity index (χ0v) is 14.8. The number of nitrogens with one attached hydrogen (secondary N) is 2. The molecule has 0 atom stereocenters. The standard InChI is InChI=1S/C18H23ClN4/c1-11-5-8-13(19)9-14(11)20-16-10-15(12-6-7-12)21-17(22-16)23-18(2,3)4/h5,8-10,12H,6-7H2,1-4H3,(H2,20,21,22,23). The second-order valence-electron chi connectivity index (χ2n) is 7.24. The summed E-state index contributed by atoms with van der Waals surface area (Å²) in [6.45, 7) is 8.37. The van der Waals surface area contributed by atoms with Crippen molar-refractivity contribution < 1.29 is 0 Å². The van der Waals surface area contributed by atoms with Gasteiger partial charge in [0.25, 0.3) is 0 Å². The van der Waals surface area contributed by atoms with Crippen molar-refractivity contribution in [3.05, 3.63) is 40.5 Å². The van der Waals surface area contributed by atoms with Gasteiger partial charge in [-0.1, -0.05) is 17.7 Å². The third-order valence-electron chi connectivity index (χ3n) is 3.69. The number of rotatable bonds is 4. The maximum absolute atomic E-state index is 6.11. The molecule has 1 aromatic heterocycles.